The minimum absolute atomic E-state index is 0.0951. The highest BCUT2D eigenvalue weighted by Gasteiger charge is 2.16. The first kappa shape index (κ1) is 12.0. The molecular weight excluding hydrogens is 214 g/mol. The number of likely N-dealkylation sites (N-methyl/N-ethyl adjacent to an activating group) is 1. The Kier molecular flexibility index (Phi) is 3.44. The van der Waals surface area contributed by atoms with Gasteiger partial charge in [0, 0.05) is 14.1 Å². The van der Waals surface area contributed by atoms with Crippen LogP contribution in [0.2, 0.25) is 0 Å². The Balaban J connectivity index is 2.85. The van der Waals surface area contributed by atoms with Gasteiger partial charge in [-0.3, -0.25) is 14.6 Å². The van der Waals surface area contributed by atoms with Crippen LogP contribution in [0.3, 0.4) is 0 Å². The summed E-state index contributed by atoms with van der Waals surface area (Å²) in [4.78, 5) is 36.8. The highest BCUT2D eigenvalue weighted by molar-refractivity contribution is 5.83. The fourth-order valence-corrected chi connectivity index (χ4v) is 1.10. The largest absolute Gasteiger partial charge is 0.353 e. The lowest BCUT2D eigenvalue weighted by Crippen LogP contribution is -2.39. The van der Waals surface area contributed by atoms with Crippen LogP contribution in [0.25, 0.3) is 0 Å². The maximum atomic E-state index is 11.5. The molecule has 0 spiro atoms. The first-order valence-corrected chi connectivity index (χ1v) is 4.58. The van der Waals surface area contributed by atoms with Crippen LogP contribution < -0.4 is 16.6 Å². The van der Waals surface area contributed by atoms with Gasteiger partial charge in [-0.1, -0.05) is 0 Å². The quantitative estimate of drug-likeness (QED) is 0.572. The van der Waals surface area contributed by atoms with Crippen LogP contribution in [0.4, 0.5) is 5.82 Å². The topological polar surface area (TPSA) is 111 Å². The van der Waals surface area contributed by atoms with Gasteiger partial charge < -0.3 is 10.2 Å². The number of aromatic nitrogens is 3. The van der Waals surface area contributed by atoms with E-state index in [4.69, 9.17) is 0 Å². The summed E-state index contributed by atoms with van der Waals surface area (Å²) in [5.74, 6) is -0.297. The lowest BCUT2D eigenvalue weighted by atomic mass is 10.3. The fourth-order valence-electron chi connectivity index (χ4n) is 1.10. The highest BCUT2D eigenvalue weighted by Crippen LogP contribution is 1.96. The SMILES string of the molecule is CC(Nc1n[nH]c(=O)[nH]c1=O)C(=O)N(C)C. The van der Waals surface area contributed by atoms with E-state index in [1.54, 1.807) is 21.0 Å². The summed E-state index contributed by atoms with van der Waals surface area (Å²) in [6.07, 6.45) is 0. The molecule has 0 aliphatic carbocycles. The lowest BCUT2D eigenvalue weighted by molar-refractivity contribution is -0.129. The standard InChI is InChI=1S/C8H13N5O3/c1-4(7(15)13(2)3)9-5-6(14)10-8(16)12-11-5/h4H,1-3H3,(H,9,11)(H2,10,12,14,16). The van der Waals surface area contributed by atoms with Crippen LogP contribution in [0, 0.1) is 0 Å². The summed E-state index contributed by atoms with van der Waals surface area (Å²) in [6, 6.07) is -0.602. The van der Waals surface area contributed by atoms with Crippen molar-refractivity contribution in [2.24, 2.45) is 0 Å². The van der Waals surface area contributed by atoms with Crippen molar-refractivity contribution in [2.45, 2.75) is 13.0 Å². The van der Waals surface area contributed by atoms with Gasteiger partial charge in [0.05, 0.1) is 0 Å². The monoisotopic (exact) mass is 227 g/mol. The molecule has 1 unspecified atom stereocenters. The first-order chi connectivity index (χ1) is 7.41. The van der Waals surface area contributed by atoms with E-state index in [1.165, 1.54) is 4.90 Å². The van der Waals surface area contributed by atoms with Crippen LogP contribution in [-0.4, -0.2) is 46.1 Å². The van der Waals surface area contributed by atoms with Crippen LogP contribution in [0.15, 0.2) is 9.59 Å². The van der Waals surface area contributed by atoms with E-state index in [-0.39, 0.29) is 11.7 Å². The molecule has 3 N–H and O–H groups in total. The van der Waals surface area contributed by atoms with E-state index in [0.29, 0.717) is 0 Å². The Hall–Kier alpha value is -2.12. The molecule has 1 atom stereocenters. The van der Waals surface area contributed by atoms with Crippen LogP contribution in [0.5, 0.6) is 0 Å². The minimum atomic E-state index is -0.692. The third-order valence-corrected chi connectivity index (χ3v) is 1.88. The molecule has 1 rings (SSSR count). The van der Waals surface area contributed by atoms with Gasteiger partial charge in [0.1, 0.15) is 6.04 Å². The molecule has 16 heavy (non-hydrogen) atoms. The van der Waals surface area contributed by atoms with E-state index >= 15 is 0 Å². The average molecular weight is 227 g/mol. The predicted molar refractivity (Wildman–Crippen MR) is 57.3 cm³/mol. The first-order valence-electron chi connectivity index (χ1n) is 4.58. The Morgan fingerprint density at radius 3 is 2.56 bits per heavy atom. The molecular formula is C8H13N5O3. The molecule has 0 radical (unpaired) electrons. The number of nitrogens with one attached hydrogen (secondary N) is 3. The molecule has 88 valence electrons. The molecule has 1 aromatic heterocycles. The number of hydrogen-bond acceptors (Lipinski definition) is 5. The van der Waals surface area contributed by atoms with E-state index in [2.05, 4.69) is 15.5 Å². The Morgan fingerprint density at radius 1 is 1.44 bits per heavy atom. The highest BCUT2D eigenvalue weighted by atomic mass is 16.2. The van der Waals surface area contributed by atoms with Crippen molar-refractivity contribution in [1.82, 2.24) is 20.1 Å². The van der Waals surface area contributed by atoms with Crippen LogP contribution >= 0.6 is 0 Å². The second-order valence-corrected chi connectivity index (χ2v) is 3.45. The van der Waals surface area contributed by atoms with Gasteiger partial charge in [-0.05, 0) is 6.92 Å². The zero-order valence-electron chi connectivity index (χ0n) is 9.20. The molecule has 0 saturated carbocycles. The number of amides is 1. The van der Waals surface area contributed by atoms with Crippen molar-refractivity contribution in [3.05, 3.63) is 20.8 Å². The molecule has 1 aromatic rings. The molecule has 8 heteroatoms. The van der Waals surface area contributed by atoms with Gasteiger partial charge in [-0.15, -0.1) is 5.10 Å². The van der Waals surface area contributed by atoms with E-state index < -0.39 is 17.3 Å². The predicted octanol–water partition coefficient (Wildman–Crippen LogP) is -1.65. The van der Waals surface area contributed by atoms with Gasteiger partial charge in [-0.25, -0.2) is 9.89 Å². The number of carbonyl (C=O) groups excluding carboxylic acids is 1. The molecule has 0 fully saturated rings. The second-order valence-electron chi connectivity index (χ2n) is 3.45. The van der Waals surface area contributed by atoms with E-state index in [1.807, 2.05) is 4.98 Å². The number of aromatic amines is 2. The molecule has 8 nitrogen and oxygen atoms in total. The number of hydrogen-bond donors (Lipinski definition) is 3. The van der Waals surface area contributed by atoms with Gasteiger partial charge in [0.25, 0.3) is 5.56 Å². The summed E-state index contributed by atoms with van der Waals surface area (Å²) >= 11 is 0. The Morgan fingerprint density at radius 2 is 2.06 bits per heavy atom. The van der Waals surface area contributed by atoms with Crippen molar-refractivity contribution < 1.29 is 4.79 Å². The van der Waals surface area contributed by atoms with E-state index in [0.717, 1.165) is 0 Å². The Labute approximate surface area is 90.7 Å². The van der Waals surface area contributed by atoms with Crippen LogP contribution in [-0.2, 0) is 4.79 Å². The summed E-state index contributed by atoms with van der Waals surface area (Å²) in [5, 5.41) is 8.16. The third-order valence-electron chi connectivity index (χ3n) is 1.88. The minimum Gasteiger partial charge on any atom is -0.353 e. The van der Waals surface area contributed by atoms with Crippen molar-refractivity contribution in [1.29, 1.82) is 0 Å². The second kappa shape index (κ2) is 4.60. The van der Waals surface area contributed by atoms with Gasteiger partial charge >= 0.3 is 5.69 Å². The van der Waals surface area contributed by atoms with Gasteiger partial charge in [-0.2, -0.15) is 0 Å². The molecule has 0 saturated heterocycles. The van der Waals surface area contributed by atoms with Gasteiger partial charge in [0.2, 0.25) is 11.7 Å². The number of rotatable bonds is 3. The zero-order chi connectivity index (χ0) is 12.3. The van der Waals surface area contributed by atoms with E-state index in [9.17, 15) is 14.4 Å². The van der Waals surface area contributed by atoms with Crippen molar-refractivity contribution in [3.63, 3.8) is 0 Å². The number of nitrogens with zero attached hydrogens (tertiary/aromatic N) is 2. The summed E-state index contributed by atoms with van der Waals surface area (Å²) in [7, 11) is 3.20. The lowest BCUT2D eigenvalue weighted by Gasteiger charge is -2.17. The van der Waals surface area contributed by atoms with Crippen molar-refractivity contribution >= 4 is 11.7 Å². The summed E-state index contributed by atoms with van der Waals surface area (Å²) in [6.45, 7) is 1.59. The molecule has 0 aliphatic heterocycles. The molecule has 0 aromatic carbocycles. The normalized spacial score (nSPS) is 11.9. The zero-order valence-corrected chi connectivity index (χ0v) is 9.20. The summed E-state index contributed by atoms with van der Waals surface area (Å²) in [5.41, 5.74) is -1.36. The molecule has 1 heterocycles. The Bertz CT molecular complexity index is 489. The van der Waals surface area contributed by atoms with Crippen molar-refractivity contribution in [2.75, 3.05) is 19.4 Å². The van der Waals surface area contributed by atoms with Crippen molar-refractivity contribution in [3.8, 4) is 0 Å². The van der Waals surface area contributed by atoms with Gasteiger partial charge in [0.15, 0.2) is 0 Å². The molecule has 1 amide bonds. The molecule has 0 bridgehead atoms. The fraction of sp³-hybridized carbons (Fsp3) is 0.500. The third kappa shape index (κ3) is 2.69. The number of carbonyl (C=O) groups is 1. The maximum absolute atomic E-state index is 11.5. The molecule has 0 aliphatic rings. The summed E-state index contributed by atoms with van der Waals surface area (Å²) < 4.78 is 0. The smallest absolute Gasteiger partial charge is 0.342 e. The number of anilines is 1. The van der Waals surface area contributed by atoms with Crippen LogP contribution in [0.1, 0.15) is 6.92 Å². The average Bonchev–Trinajstić information content (AvgIpc) is 2.20. The maximum Gasteiger partial charge on any atom is 0.342 e. The number of H-pyrrole nitrogens is 2.